The SMILES string of the molecule is O=C1NCCCCC1Sc1nc(NC2CC2)c2ccccc2n1. The fraction of sp³-hybridized carbons (Fsp3) is 0.471. The Kier molecular flexibility index (Phi) is 4.08. The molecule has 23 heavy (non-hydrogen) atoms. The molecule has 1 saturated heterocycles. The highest BCUT2D eigenvalue weighted by Crippen LogP contribution is 2.32. The van der Waals surface area contributed by atoms with Crippen LogP contribution in [0.5, 0.6) is 0 Å². The maximum Gasteiger partial charge on any atom is 0.233 e. The highest BCUT2D eigenvalue weighted by atomic mass is 32.2. The number of aromatic nitrogens is 2. The van der Waals surface area contributed by atoms with Gasteiger partial charge in [0.2, 0.25) is 5.91 Å². The molecule has 1 atom stereocenters. The van der Waals surface area contributed by atoms with Gasteiger partial charge < -0.3 is 10.6 Å². The summed E-state index contributed by atoms with van der Waals surface area (Å²) in [6.45, 7) is 0.781. The van der Waals surface area contributed by atoms with Gasteiger partial charge in [-0.05, 0) is 37.8 Å². The predicted octanol–water partition coefficient (Wildman–Crippen LogP) is 2.96. The number of nitrogens with zero attached hydrogens (tertiary/aromatic N) is 2. The number of thioether (sulfide) groups is 1. The number of rotatable bonds is 4. The highest BCUT2D eigenvalue weighted by Gasteiger charge is 2.25. The van der Waals surface area contributed by atoms with E-state index in [0.717, 1.165) is 42.5 Å². The van der Waals surface area contributed by atoms with E-state index in [1.807, 2.05) is 24.3 Å². The van der Waals surface area contributed by atoms with Gasteiger partial charge in [-0.2, -0.15) is 0 Å². The van der Waals surface area contributed by atoms with Crippen molar-refractivity contribution in [2.24, 2.45) is 0 Å². The van der Waals surface area contributed by atoms with Crippen LogP contribution in [0.2, 0.25) is 0 Å². The Bertz CT molecular complexity index is 732. The van der Waals surface area contributed by atoms with Crippen LogP contribution >= 0.6 is 11.8 Å². The fourth-order valence-electron chi connectivity index (χ4n) is 2.79. The van der Waals surface area contributed by atoms with E-state index < -0.39 is 0 Å². The van der Waals surface area contributed by atoms with E-state index in [-0.39, 0.29) is 11.2 Å². The van der Waals surface area contributed by atoms with Crippen LogP contribution in [-0.4, -0.2) is 33.7 Å². The Morgan fingerprint density at radius 2 is 2.00 bits per heavy atom. The van der Waals surface area contributed by atoms with Crippen molar-refractivity contribution in [3.63, 3.8) is 0 Å². The summed E-state index contributed by atoms with van der Waals surface area (Å²) in [4.78, 5) is 21.5. The highest BCUT2D eigenvalue weighted by molar-refractivity contribution is 8.00. The molecule has 1 unspecified atom stereocenters. The second-order valence-corrected chi connectivity index (χ2v) is 7.35. The summed E-state index contributed by atoms with van der Waals surface area (Å²) >= 11 is 1.49. The molecule has 2 heterocycles. The van der Waals surface area contributed by atoms with Gasteiger partial charge in [0.15, 0.2) is 5.16 Å². The summed E-state index contributed by atoms with van der Waals surface area (Å²) in [5.74, 6) is 1.01. The van der Waals surface area contributed by atoms with Gasteiger partial charge >= 0.3 is 0 Å². The molecular formula is C17H20N4OS. The number of amides is 1. The minimum atomic E-state index is -0.0903. The van der Waals surface area contributed by atoms with E-state index in [1.54, 1.807) is 0 Å². The molecule has 1 amide bonds. The molecule has 1 aromatic heterocycles. The lowest BCUT2D eigenvalue weighted by Crippen LogP contribution is -2.30. The zero-order valence-corrected chi connectivity index (χ0v) is 13.7. The lowest BCUT2D eigenvalue weighted by molar-refractivity contribution is -0.120. The molecule has 0 bridgehead atoms. The third kappa shape index (κ3) is 3.42. The number of fused-ring (bicyclic) bond motifs is 1. The first-order valence-corrected chi connectivity index (χ1v) is 9.15. The van der Waals surface area contributed by atoms with Crippen LogP contribution in [0.3, 0.4) is 0 Å². The fourth-order valence-corrected chi connectivity index (χ4v) is 3.81. The molecule has 1 aliphatic carbocycles. The Morgan fingerprint density at radius 3 is 2.87 bits per heavy atom. The molecule has 6 heteroatoms. The van der Waals surface area contributed by atoms with Crippen molar-refractivity contribution in [3.05, 3.63) is 24.3 Å². The Hall–Kier alpha value is -1.82. The summed E-state index contributed by atoms with van der Waals surface area (Å²) in [6.07, 6.45) is 5.41. The lowest BCUT2D eigenvalue weighted by atomic mass is 10.2. The molecule has 2 N–H and O–H groups in total. The summed E-state index contributed by atoms with van der Waals surface area (Å²) in [5.41, 5.74) is 0.933. The van der Waals surface area contributed by atoms with Gasteiger partial charge in [0.25, 0.3) is 0 Å². The zero-order valence-electron chi connectivity index (χ0n) is 12.9. The molecule has 2 aliphatic rings. The number of carbonyl (C=O) groups excluding carboxylic acids is 1. The third-order valence-corrected chi connectivity index (χ3v) is 5.36. The monoisotopic (exact) mass is 328 g/mol. The number of benzene rings is 1. The number of carbonyl (C=O) groups is 1. The Morgan fingerprint density at radius 1 is 1.13 bits per heavy atom. The second-order valence-electron chi connectivity index (χ2n) is 6.18. The predicted molar refractivity (Wildman–Crippen MR) is 92.7 cm³/mol. The van der Waals surface area contributed by atoms with Gasteiger partial charge in [0.05, 0.1) is 10.8 Å². The van der Waals surface area contributed by atoms with Crippen LogP contribution in [0.1, 0.15) is 32.1 Å². The van der Waals surface area contributed by atoms with Gasteiger partial charge in [0, 0.05) is 18.0 Å². The van der Waals surface area contributed by atoms with E-state index in [0.29, 0.717) is 11.2 Å². The standard InChI is InChI=1S/C17H20N4OS/c22-16-14(7-3-4-10-18-16)23-17-20-13-6-2-1-5-12(13)15(21-17)19-11-8-9-11/h1-2,5-6,11,14H,3-4,7-10H2,(H,18,22)(H,19,20,21). The number of hydrogen-bond acceptors (Lipinski definition) is 5. The van der Waals surface area contributed by atoms with Crippen molar-refractivity contribution < 1.29 is 4.79 Å². The summed E-state index contributed by atoms with van der Waals surface area (Å²) in [5, 5.41) is 8.12. The van der Waals surface area contributed by atoms with Gasteiger partial charge in [-0.15, -0.1) is 0 Å². The molecule has 2 aromatic rings. The Balaban J connectivity index is 1.64. The van der Waals surface area contributed by atoms with E-state index in [2.05, 4.69) is 15.6 Å². The van der Waals surface area contributed by atoms with Gasteiger partial charge in [0.1, 0.15) is 5.82 Å². The van der Waals surface area contributed by atoms with Crippen LogP contribution in [0.25, 0.3) is 10.9 Å². The van der Waals surface area contributed by atoms with E-state index in [1.165, 1.54) is 24.6 Å². The molecule has 0 radical (unpaired) electrons. The summed E-state index contributed by atoms with van der Waals surface area (Å²) in [6, 6.07) is 8.59. The Labute approximate surface area is 139 Å². The number of hydrogen-bond donors (Lipinski definition) is 2. The van der Waals surface area contributed by atoms with Crippen LogP contribution in [0.4, 0.5) is 5.82 Å². The number of anilines is 1. The average molecular weight is 328 g/mol. The van der Waals surface area contributed by atoms with Crippen molar-refractivity contribution in [2.45, 2.75) is 48.6 Å². The van der Waals surface area contributed by atoms with Crippen molar-refractivity contribution in [3.8, 4) is 0 Å². The molecule has 1 aliphatic heterocycles. The molecule has 5 nitrogen and oxygen atoms in total. The van der Waals surface area contributed by atoms with Gasteiger partial charge in [-0.3, -0.25) is 4.79 Å². The lowest BCUT2D eigenvalue weighted by Gasteiger charge is -2.14. The second kappa shape index (κ2) is 6.35. The molecular weight excluding hydrogens is 308 g/mol. The molecule has 2 fully saturated rings. The molecule has 120 valence electrons. The minimum absolute atomic E-state index is 0.0903. The molecule has 0 spiro atoms. The first-order chi connectivity index (χ1) is 11.3. The topological polar surface area (TPSA) is 66.9 Å². The van der Waals surface area contributed by atoms with Crippen LogP contribution < -0.4 is 10.6 Å². The summed E-state index contributed by atoms with van der Waals surface area (Å²) in [7, 11) is 0. The molecule has 1 saturated carbocycles. The summed E-state index contributed by atoms with van der Waals surface area (Å²) < 4.78 is 0. The first kappa shape index (κ1) is 14.8. The normalized spacial score (nSPS) is 21.7. The maximum atomic E-state index is 12.2. The van der Waals surface area contributed by atoms with Crippen molar-refractivity contribution >= 4 is 34.4 Å². The van der Waals surface area contributed by atoms with E-state index in [4.69, 9.17) is 4.98 Å². The quantitative estimate of drug-likeness (QED) is 0.845. The van der Waals surface area contributed by atoms with Gasteiger partial charge in [-0.1, -0.05) is 30.3 Å². The van der Waals surface area contributed by atoms with Crippen LogP contribution in [0, 0.1) is 0 Å². The first-order valence-electron chi connectivity index (χ1n) is 8.27. The molecule has 4 rings (SSSR count). The van der Waals surface area contributed by atoms with Crippen molar-refractivity contribution in [1.29, 1.82) is 0 Å². The largest absolute Gasteiger partial charge is 0.367 e. The van der Waals surface area contributed by atoms with Crippen LogP contribution in [-0.2, 0) is 4.79 Å². The van der Waals surface area contributed by atoms with E-state index in [9.17, 15) is 4.79 Å². The zero-order chi connectivity index (χ0) is 15.6. The minimum Gasteiger partial charge on any atom is -0.367 e. The average Bonchev–Trinajstić information content (AvgIpc) is 3.38. The smallest absolute Gasteiger partial charge is 0.233 e. The molecule has 1 aromatic carbocycles. The third-order valence-electron chi connectivity index (χ3n) is 4.23. The van der Waals surface area contributed by atoms with Crippen molar-refractivity contribution in [2.75, 3.05) is 11.9 Å². The van der Waals surface area contributed by atoms with Crippen LogP contribution in [0.15, 0.2) is 29.4 Å². The van der Waals surface area contributed by atoms with Gasteiger partial charge in [-0.25, -0.2) is 9.97 Å². The number of para-hydroxylation sites is 1. The maximum absolute atomic E-state index is 12.2. The van der Waals surface area contributed by atoms with E-state index >= 15 is 0 Å². The van der Waals surface area contributed by atoms with Crippen molar-refractivity contribution in [1.82, 2.24) is 15.3 Å². The number of nitrogens with one attached hydrogen (secondary N) is 2.